The summed E-state index contributed by atoms with van der Waals surface area (Å²) in [7, 11) is 0. The average molecular weight is 383 g/mol. The summed E-state index contributed by atoms with van der Waals surface area (Å²) in [6.07, 6.45) is 0. The minimum absolute atomic E-state index is 0.0160. The molecule has 0 saturated carbocycles. The molecular formula is C22H26N2O2S. The molecule has 1 heterocycles. The standard InChI is InChI=1S/C22H26N2O2S/c1-14-7-6-8-18(15(14)2)24-19(25)13-27-20(24)16-9-11-17(12-10-16)23-21(26)22(3,4)5/h6-12,20H,13H2,1-5H3,(H,23,26)/t20-/m0/s1. The van der Waals surface area contributed by atoms with Crippen LogP contribution in [0.1, 0.15) is 42.8 Å². The molecule has 1 aliphatic rings. The molecule has 0 unspecified atom stereocenters. The highest BCUT2D eigenvalue weighted by atomic mass is 32.2. The third-order valence-corrected chi connectivity index (χ3v) is 6.05. The van der Waals surface area contributed by atoms with Crippen molar-refractivity contribution in [1.82, 2.24) is 0 Å². The molecule has 1 saturated heterocycles. The number of anilines is 2. The van der Waals surface area contributed by atoms with Gasteiger partial charge in [-0.2, -0.15) is 0 Å². The van der Waals surface area contributed by atoms with Crippen molar-refractivity contribution in [3.8, 4) is 0 Å². The maximum Gasteiger partial charge on any atom is 0.238 e. The number of benzene rings is 2. The molecule has 1 atom stereocenters. The smallest absolute Gasteiger partial charge is 0.238 e. The van der Waals surface area contributed by atoms with E-state index >= 15 is 0 Å². The van der Waals surface area contributed by atoms with Gasteiger partial charge in [0.05, 0.1) is 5.75 Å². The van der Waals surface area contributed by atoms with Gasteiger partial charge < -0.3 is 5.32 Å². The molecule has 0 aliphatic carbocycles. The van der Waals surface area contributed by atoms with E-state index in [-0.39, 0.29) is 17.2 Å². The number of rotatable bonds is 3. The normalized spacial score (nSPS) is 17.3. The van der Waals surface area contributed by atoms with Gasteiger partial charge in [-0.3, -0.25) is 14.5 Å². The number of amides is 2. The quantitative estimate of drug-likeness (QED) is 0.806. The fourth-order valence-corrected chi connectivity index (χ4v) is 4.15. The van der Waals surface area contributed by atoms with Crippen LogP contribution in [0.25, 0.3) is 0 Å². The third kappa shape index (κ3) is 4.03. The van der Waals surface area contributed by atoms with Crippen LogP contribution in [0.4, 0.5) is 11.4 Å². The molecule has 0 spiro atoms. The number of thioether (sulfide) groups is 1. The Morgan fingerprint density at radius 1 is 1.11 bits per heavy atom. The van der Waals surface area contributed by atoms with Crippen LogP contribution in [0.2, 0.25) is 0 Å². The Morgan fingerprint density at radius 3 is 2.41 bits per heavy atom. The van der Waals surface area contributed by atoms with E-state index in [0.29, 0.717) is 5.75 Å². The predicted octanol–water partition coefficient (Wildman–Crippen LogP) is 5.07. The minimum Gasteiger partial charge on any atom is -0.326 e. The van der Waals surface area contributed by atoms with E-state index in [9.17, 15) is 9.59 Å². The Labute approximate surface area is 165 Å². The second-order valence-electron chi connectivity index (χ2n) is 7.97. The zero-order valence-corrected chi connectivity index (χ0v) is 17.3. The first-order valence-electron chi connectivity index (χ1n) is 9.10. The summed E-state index contributed by atoms with van der Waals surface area (Å²) >= 11 is 1.63. The van der Waals surface area contributed by atoms with Crippen LogP contribution in [0.15, 0.2) is 42.5 Å². The van der Waals surface area contributed by atoms with E-state index in [1.165, 1.54) is 5.56 Å². The van der Waals surface area contributed by atoms with E-state index in [0.717, 1.165) is 22.5 Å². The van der Waals surface area contributed by atoms with Gasteiger partial charge in [0.1, 0.15) is 5.37 Å². The number of nitrogens with one attached hydrogen (secondary N) is 1. The number of nitrogens with zero attached hydrogens (tertiary/aromatic N) is 1. The molecule has 2 amide bonds. The minimum atomic E-state index is -0.439. The number of aryl methyl sites for hydroxylation is 1. The van der Waals surface area contributed by atoms with Crippen molar-refractivity contribution in [2.45, 2.75) is 40.0 Å². The van der Waals surface area contributed by atoms with Crippen LogP contribution < -0.4 is 10.2 Å². The molecule has 0 aromatic heterocycles. The van der Waals surface area contributed by atoms with E-state index in [1.807, 2.05) is 62.1 Å². The van der Waals surface area contributed by atoms with Crippen molar-refractivity contribution in [1.29, 1.82) is 0 Å². The van der Waals surface area contributed by atoms with Crippen molar-refractivity contribution in [2.75, 3.05) is 16.0 Å². The first-order valence-corrected chi connectivity index (χ1v) is 10.1. The van der Waals surface area contributed by atoms with E-state index in [1.54, 1.807) is 11.8 Å². The van der Waals surface area contributed by atoms with Crippen LogP contribution in [-0.2, 0) is 9.59 Å². The third-order valence-electron chi connectivity index (χ3n) is 4.84. The molecule has 2 aromatic carbocycles. The zero-order valence-electron chi connectivity index (χ0n) is 16.5. The summed E-state index contributed by atoms with van der Waals surface area (Å²) in [6, 6.07) is 13.9. The Balaban J connectivity index is 1.86. The second-order valence-corrected chi connectivity index (χ2v) is 9.04. The lowest BCUT2D eigenvalue weighted by Gasteiger charge is -2.26. The van der Waals surface area contributed by atoms with Crippen molar-refractivity contribution in [3.63, 3.8) is 0 Å². The van der Waals surface area contributed by atoms with Gasteiger partial charge in [-0.25, -0.2) is 0 Å². The van der Waals surface area contributed by atoms with Gasteiger partial charge in [0, 0.05) is 16.8 Å². The number of hydrogen-bond donors (Lipinski definition) is 1. The highest BCUT2D eigenvalue weighted by Crippen LogP contribution is 2.43. The van der Waals surface area contributed by atoms with Gasteiger partial charge in [0.15, 0.2) is 0 Å². The Morgan fingerprint density at radius 2 is 1.78 bits per heavy atom. The molecule has 27 heavy (non-hydrogen) atoms. The Hall–Kier alpha value is -2.27. The largest absolute Gasteiger partial charge is 0.326 e. The van der Waals surface area contributed by atoms with Gasteiger partial charge in [-0.15, -0.1) is 11.8 Å². The van der Waals surface area contributed by atoms with E-state index < -0.39 is 5.41 Å². The average Bonchev–Trinajstić information content (AvgIpc) is 2.99. The first-order chi connectivity index (χ1) is 12.7. The molecule has 1 aliphatic heterocycles. The summed E-state index contributed by atoms with van der Waals surface area (Å²) in [5.74, 6) is 0.585. The van der Waals surface area contributed by atoms with Crippen LogP contribution in [0.5, 0.6) is 0 Å². The Kier molecular flexibility index (Phi) is 5.33. The van der Waals surface area contributed by atoms with Gasteiger partial charge in [-0.05, 0) is 48.7 Å². The molecule has 0 bridgehead atoms. The first kappa shape index (κ1) is 19.5. The molecule has 142 valence electrons. The molecular weight excluding hydrogens is 356 g/mol. The van der Waals surface area contributed by atoms with Crippen LogP contribution >= 0.6 is 11.8 Å². The molecule has 4 nitrogen and oxygen atoms in total. The molecule has 0 radical (unpaired) electrons. The molecule has 1 N–H and O–H groups in total. The lowest BCUT2D eigenvalue weighted by atomic mass is 9.95. The second kappa shape index (κ2) is 7.39. The fraction of sp³-hybridized carbons (Fsp3) is 0.364. The van der Waals surface area contributed by atoms with Crippen LogP contribution in [0, 0.1) is 19.3 Å². The van der Waals surface area contributed by atoms with Gasteiger partial charge >= 0.3 is 0 Å². The van der Waals surface area contributed by atoms with Crippen LogP contribution in [0.3, 0.4) is 0 Å². The number of carbonyl (C=O) groups excluding carboxylic acids is 2. The maximum atomic E-state index is 12.6. The van der Waals surface area contributed by atoms with Gasteiger partial charge in [0.25, 0.3) is 0 Å². The van der Waals surface area contributed by atoms with Gasteiger partial charge in [-0.1, -0.05) is 45.0 Å². The number of carbonyl (C=O) groups is 2. The molecule has 5 heteroatoms. The molecule has 1 fully saturated rings. The summed E-state index contributed by atoms with van der Waals surface area (Å²) in [5, 5.41) is 2.89. The molecule has 3 rings (SSSR count). The van der Waals surface area contributed by atoms with Crippen LogP contribution in [-0.4, -0.2) is 17.6 Å². The summed E-state index contributed by atoms with van der Waals surface area (Å²) in [6.45, 7) is 9.79. The highest BCUT2D eigenvalue weighted by Gasteiger charge is 2.35. The summed E-state index contributed by atoms with van der Waals surface area (Å²) in [5.41, 5.74) is 4.67. The lowest BCUT2D eigenvalue weighted by molar-refractivity contribution is -0.123. The fourth-order valence-electron chi connectivity index (χ4n) is 2.98. The SMILES string of the molecule is Cc1cccc(N2C(=O)CS[C@H]2c2ccc(NC(=O)C(C)(C)C)cc2)c1C. The highest BCUT2D eigenvalue weighted by molar-refractivity contribution is 8.00. The summed E-state index contributed by atoms with van der Waals surface area (Å²) in [4.78, 5) is 26.6. The van der Waals surface area contributed by atoms with E-state index in [4.69, 9.17) is 0 Å². The van der Waals surface area contributed by atoms with Crippen molar-refractivity contribution < 1.29 is 9.59 Å². The van der Waals surface area contributed by atoms with E-state index in [2.05, 4.69) is 25.2 Å². The van der Waals surface area contributed by atoms with Gasteiger partial charge in [0.2, 0.25) is 11.8 Å². The molecule has 2 aromatic rings. The zero-order chi connectivity index (χ0) is 19.8. The maximum absolute atomic E-state index is 12.6. The number of hydrogen-bond acceptors (Lipinski definition) is 3. The topological polar surface area (TPSA) is 49.4 Å². The summed E-state index contributed by atoms with van der Waals surface area (Å²) < 4.78 is 0. The van der Waals surface area contributed by atoms with Crippen molar-refractivity contribution >= 4 is 35.0 Å². The lowest BCUT2D eigenvalue weighted by Crippen LogP contribution is -2.29. The van der Waals surface area contributed by atoms with Crippen molar-refractivity contribution in [2.24, 2.45) is 5.41 Å². The monoisotopic (exact) mass is 382 g/mol. The van der Waals surface area contributed by atoms with Crippen molar-refractivity contribution in [3.05, 3.63) is 59.2 Å². The Bertz CT molecular complexity index is 869. The predicted molar refractivity (Wildman–Crippen MR) is 113 cm³/mol.